The zero-order chi connectivity index (χ0) is 15.9. The molecule has 7 nitrogen and oxygen atoms in total. The van der Waals surface area contributed by atoms with E-state index >= 15 is 0 Å². The van der Waals surface area contributed by atoms with Crippen LogP contribution in [0.2, 0.25) is 0 Å². The molecular formula is C13H9BrN2O5S. The molecule has 0 bridgehead atoms. The number of esters is 1. The van der Waals surface area contributed by atoms with E-state index in [9.17, 15) is 19.7 Å². The van der Waals surface area contributed by atoms with Gasteiger partial charge in [0.25, 0.3) is 5.69 Å². The van der Waals surface area contributed by atoms with Gasteiger partial charge in [0.15, 0.2) is 5.70 Å². The summed E-state index contributed by atoms with van der Waals surface area (Å²) in [6, 6.07) is 5.74. The van der Waals surface area contributed by atoms with Gasteiger partial charge in [-0.25, -0.2) is 4.79 Å². The molecule has 0 radical (unpaired) electrons. The molecule has 22 heavy (non-hydrogen) atoms. The maximum Gasteiger partial charge on any atom is 0.357 e. The van der Waals surface area contributed by atoms with Crippen LogP contribution in [0.15, 0.2) is 33.8 Å². The molecule has 0 aromatic heterocycles. The maximum atomic E-state index is 12.1. The first-order valence-corrected chi connectivity index (χ1v) is 7.93. The number of rotatable bonds is 4. The number of benzene rings is 1. The predicted molar refractivity (Wildman–Crippen MR) is 81.7 cm³/mol. The van der Waals surface area contributed by atoms with Crippen LogP contribution in [0.5, 0.6) is 0 Å². The third-order valence-corrected chi connectivity index (χ3v) is 5.27. The van der Waals surface area contributed by atoms with Crippen LogP contribution in [0, 0.1) is 10.1 Å². The van der Waals surface area contributed by atoms with E-state index in [4.69, 9.17) is 4.74 Å². The van der Waals surface area contributed by atoms with Crippen molar-refractivity contribution in [1.82, 2.24) is 4.90 Å². The smallest absolute Gasteiger partial charge is 0.357 e. The van der Waals surface area contributed by atoms with Gasteiger partial charge in [-0.15, -0.1) is 0 Å². The number of hydrogen-bond acceptors (Lipinski definition) is 6. The number of fused-ring (bicyclic) bond motifs is 1. The van der Waals surface area contributed by atoms with E-state index in [2.05, 4.69) is 15.9 Å². The summed E-state index contributed by atoms with van der Waals surface area (Å²) in [5.74, 6) is -0.692. The van der Waals surface area contributed by atoms with Gasteiger partial charge in [-0.3, -0.25) is 19.8 Å². The van der Waals surface area contributed by atoms with E-state index in [1.807, 2.05) is 0 Å². The Labute approximate surface area is 137 Å². The first kappa shape index (κ1) is 15.0. The number of halogens is 1. The minimum absolute atomic E-state index is 0.0159. The summed E-state index contributed by atoms with van der Waals surface area (Å²) in [5, 5.41) is 10.5. The van der Waals surface area contributed by atoms with E-state index in [1.165, 1.54) is 40.9 Å². The Morgan fingerprint density at radius 2 is 2.14 bits per heavy atom. The van der Waals surface area contributed by atoms with E-state index in [-0.39, 0.29) is 29.3 Å². The number of amides is 1. The van der Waals surface area contributed by atoms with Gasteiger partial charge in [-0.2, -0.15) is 0 Å². The first-order valence-electron chi connectivity index (χ1n) is 6.26. The second-order valence-corrected chi connectivity index (χ2v) is 7.17. The van der Waals surface area contributed by atoms with Crippen LogP contribution in [0.4, 0.5) is 5.69 Å². The molecule has 114 valence electrons. The van der Waals surface area contributed by atoms with E-state index in [0.29, 0.717) is 15.8 Å². The monoisotopic (exact) mass is 384 g/mol. The molecule has 0 saturated carbocycles. The summed E-state index contributed by atoms with van der Waals surface area (Å²) < 4.78 is 5.77. The third kappa shape index (κ3) is 2.61. The molecule has 1 atom stereocenters. The number of ether oxygens (including phenoxy) is 1. The standard InChI is InChI=1S/C13H9BrN2O5S/c14-12-11(15-9(17)5-10(15)22-12)13(18)21-6-7-1-3-8(4-2-7)16(19)20/h1-4,10H,5-6H2. The van der Waals surface area contributed by atoms with Crippen LogP contribution in [0.1, 0.15) is 12.0 Å². The molecular weight excluding hydrogens is 376 g/mol. The predicted octanol–water partition coefficient (Wildman–Crippen LogP) is 2.51. The second-order valence-electron chi connectivity index (χ2n) is 4.66. The van der Waals surface area contributed by atoms with Crippen molar-refractivity contribution >= 4 is 45.3 Å². The largest absolute Gasteiger partial charge is 0.456 e. The molecule has 3 rings (SSSR count). The van der Waals surface area contributed by atoms with Crippen molar-refractivity contribution in [1.29, 1.82) is 0 Å². The molecule has 9 heteroatoms. The molecule has 0 aliphatic carbocycles. The number of carbonyl (C=O) groups is 2. The lowest BCUT2D eigenvalue weighted by Gasteiger charge is -2.34. The average molecular weight is 385 g/mol. The highest BCUT2D eigenvalue weighted by molar-refractivity contribution is 9.14. The first-order chi connectivity index (χ1) is 10.5. The number of non-ortho nitro benzene ring substituents is 1. The molecule has 1 aromatic rings. The van der Waals surface area contributed by atoms with Crippen molar-refractivity contribution in [2.24, 2.45) is 0 Å². The van der Waals surface area contributed by atoms with Crippen molar-refractivity contribution in [2.45, 2.75) is 18.4 Å². The average Bonchev–Trinajstić information content (AvgIpc) is 2.76. The molecule has 1 fully saturated rings. The van der Waals surface area contributed by atoms with Crippen LogP contribution in [-0.4, -0.2) is 27.1 Å². The maximum absolute atomic E-state index is 12.1. The van der Waals surface area contributed by atoms with Crippen LogP contribution in [0.25, 0.3) is 0 Å². The number of β-lactam (4-membered cyclic amide) rings is 1. The van der Waals surface area contributed by atoms with Crippen molar-refractivity contribution in [3.05, 3.63) is 49.5 Å². The highest BCUT2D eigenvalue weighted by Crippen LogP contribution is 2.48. The van der Waals surface area contributed by atoms with Crippen LogP contribution >= 0.6 is 27.7 Å². The van der Waals surface area contributed by atoms with E-state index < -0.39 is 10.9 Å². The molecule has 0 N–H and O–H groups in total. The quantitative estimate of drug-likeness (QED) is 0.343. The van der Waals surface area contributed by atoms with Gasteiger partial charge in [0, 0.05) is 12.1 Å². The Hall–Kier alpha value is -1.87. The number of thioether (sulfide) groups is 1. The number of nitrogens with zero attached hydrogens (tertiary/aromatic N) is 2. The fraction of sp³-hybridized carbons (Fsp3) is 0.231. The molecule has 2 aliphatic rings. The fourth-order valence-electron chi connectivity index (χ4n) is 2.13. The van der Waals surface area contributed by atoms with Crippen LogP contribution in [0.3, 0.4) is 0 Å². The summed E-state index contributed by atoms with van der Waals surface area (Å²) in [5.41, 5.74) is 0.836. The van der Waals surface area contributed by atoms with Gasteiger partial charge in [0.05, 0.1) is 20.5 Å². The zero-order valence-corrected chi connectivity index (χ0v) is 13.4. The Morgan fingerprint density at radius 1 is 1.45 bits per heavy atom. The molecule has 2 heterocycles. The molecule has 1 saturated heterocycles. The zero-order valence-electron chi connectivity index (χ0n) is 11.0. The summed E-state index contributed by atoms with van der Waals surface area (Å²) in [6.45, 7) is -0.0159. The fourth-order valence-corrected chi connectivity index (χ4v) is 4.22. The minimum Gasteiger partial charge on any atom is -0.456 e. The Bertz CT molecular complexity index is 703. The lowest BCUT2D eigenvalue weighted by molar-refractivity contribution is -0.384. The molecule has 2 aliphatic heterocycles. The van der Waals surface area contributed by atoms with E-state index in [0.717, 1.165) is 0 Å². The SMILES string of the molecule is O=C(OCc1ccc([N+](=O)[O-])cc1)C1=C(Br)SC2CC(=O)N12. The topological polar surface area (TPSA) is 89.7 Å². The van der Waals surface area contributed by atoms with Crippen molar-refractivity contribution in [2.75, 3.05) is 0 Å². The lowest BCUT2D eigenvalue weighted by atomic mass is 10.2. The summed E-state index contributed by atoms with van der Waals surface area (Å²) in [7, 11) is 0. The van der Waals surface area contributed by atoms with Crippen LogP contribution < -0.4 is 0 Å². The highest BCUT2D eigenvalue weighted by Gasteiger charge is 2.48. The number of nitro benzene ring substituents is 1. The lowest BCUT2D eigenvalue weighted by Crippen LogP contribution is -2.48. The number of hydrogen-bond donors (Lipinski definition) is 0. The molecule has 1 amide bonds. The normalized spacial score (nSPS) is 19.8. The van der Waals surface area contributed by atoms with Gasteiger partial charge in [0.2, 0.25) is 5.91 Å². The Balaban J connectivity index is 1.64. The molecule has 1 unspecified atom stereocenters. The third-order valence-electron chi connectivity index (χ3n) is 3.28. The van der Waals surface area contributed by atoms with Crippen molar-refractivity contribution in [3.63, 3.8) is 0 Å². The second kappa shape index (κ2) is 5.73. The van der Waals surface area contributed by atoms with Crippen molar-refractivity contribution in [3.8, 4) is 0 Å². The van der Waals surface area contributed by atoms with Gasteiger partial charge in [-0.05, 0) is 33.6 Å². The molecule has 0 spiro atoms. The Kier molecular flexibility index (Phi) is 3.92. The molecule has 1 aromatic carbocycles. The van der Waals surface area contributed by atoms with Crippen LogP contribution in [-0.2, 0) is 20.9 Å². The minimum atomic E-state index is -0.590. The highest BCUT2D eigenvalue weighted by atomic mass is 79.9. The number of nitro groups is 1. The van der Waals surface area contributed by atoms with Gasteiger partial charge < -0.3 is 4.74 Å². The van der Waals surface area contributed by atoms with E-state index in [1.54, 1.807) is 0 Å². The summed E-state index contributed by atoms with van der Waals surface area (Å²) >= 11 is 4.69. The van der Waals surface area contributed by atoms with Gasteiger partial charge in [0.1, 0.15) is 6.61 Å². The van der Waals surface area contributed by atoms with Gasteiger partial charge in [-0.1, -0.05) is 11.8 Å². The number of carbonyl (C=O) groups excluding carboxylic acids is 2. The Morgan fingerprint density at radius 3 is 2.73 bits per heavy atom. The van der Waals surface area contributed by atoms with Crippen molar-refractivity contribution < 1.29 is 19.2 Å². The summed E-state index contributed by atoms with van der Waals surface area (Å²) in [6.07, 6.45) is 0.416. The summed E-state index contributed by atoms with van der Waals surface area (Å²) in [4.78, 5) is 35.1. The van der Waals surface area contributed by atoms with Gasteiger partial charge >= 0.3 is 5.97 Å².